The van der Waals surface area contributed by atoms with Crippen LogP contribution in [0, 0.1) is 11.8 Å². The first-order valence-electron chi connectivity index (χ1n) is 5.03. The van der Waals surface area contributed by atoms with E-state index in [0.717, 1.165) is 0 Å². The van der Waals surface area contributed by atoms with Gasteiger partial charge in [0.15, 0.2) is 0 Å². The van der Waals surface area contributed by atoms with Gasteiger partial charge in [0.2, 0.25) is 0 Å². The Morgan fingerprint density at radius 2 is 1.69 bits per heavy atom. The average molecular weight is 177 g/mol. The largest absolute Gasteiger partial charge is 0.264 e. The zero-order valence-electron chi connectivity index (χ0n) is 8.99. The van der Waals surface area contributed by atoms with Crippen LogP contribution in [-0.4, -0.2) is 4.98 Å². The number of hydrogen-bond acceptors (Lipinski definition) is 1. The molecule has 0 radical (unpaired) electrons. The third-order valence-electron chi connectivity index (χ3n) is 2.51. The summed E-state index contributed by atoms with van der Waals surface area (Å²) in [5.74, 6) is 2.00. The molecule has 0 aliphatic rings. The third kappa shape index (κ3) is 2.55. The van der Waals surface area contributed by atoms with Crippen molar-refractivity contribution in [2.45, 2.75) is 33.6 Å². The van der Waals surface area contributed by atoms with E-state index in [1.165, 1.54) is 5.56 Å². The molecule has 1 heteroatoms. The van der Waals surface area contributed by atoms with Crippen molar-refractivity contribution in [1.82, 2.24) is 4.98 Å². The molecular weight excluding hydrogens is 158 g/mol. The first-order valence-corrected chi connectivity index (χ1v) is 5.03. The molecule has 72 valence electrons. The molecule has 0 spiro atoms. The van der Waals surface area contributed by atoms with Crippen molar-refractivity contribution in [3.63, 3.8) is 0 Å². The van der Waals surface area contributed by atoms with Crippen molar-refractivity contribution in [3.05, 3.63) is 30.1 Å². The van der Waals surface area contributed by atoms with Crippen LogP contribution in [0.5, 0.6) is 0 Å². The zero-order valence-corrected chi connectivity index (χ0v) is 8.99. The maximum atomic E-state index is 4.17. The highest BCUT2D eigenvalue weighted by molar-refractivity contribution is 5.15. The van der Waals surface area contributed by atoms with E-state index in [1.54, 1.807) is 0 Å². The van der Waals surface area contributed by atoms with Gasteiger partial charge in [-0.3, -0.25) is 4.98 Å². The van der Waals surface area contributed by atoms with Crippen molar-refractivity contribution < 1.29 is 0 Å². The van der Waals surface area contributed by atoms with E-state index in [0.29, 0.717) is 17.8 Å². The lowest BCUT2D eigenvalue weighted by Gasteiger charge is -2.24. The van der Waals surface area contributed by atoms with Crippen LogP contribution in [-0.2, 0) is 0 Å². The molecule has 1 rings (SSSR count). The van der Waals surface area contributed by atoms with Crippen LogP contribution >= 0.6 is 0 Å². The highest BCUT2D eigenvalue weighted by Crippen LogP contribution is 2.30. The molecule has 0 atom stereocenters. The van der Waals surface area contributed by atoms with Gasteiger partial charge < -0.3 is 0 Å². The summed E-state index contributed by atoms with van der Waals surface area (Å²) in [6, 6.07) is 4.20. The number of nitrogens with zero attached hydrogens (tertiary/aromatic N) is 1. The summed E-state index contributed by atoms with van der Waals surface area (Å²) in [4.78, 5) is 4.17. The van der Waals surface area contributed by atoms with Gasteiger partial charge >= 0.3 is 0 Å². The average Bonchev–Trinajstić information content (AvgIpc) is 2.04. The third-order valence-corrected chi connectivity index (χ3v) is 2.51. The minimum Gasteiger partial charge on any atom is -0.264 e. The molecule has 13 heavy (non-hydrogen) atoms. The Bertz CT molecular complexity index is 231. The van der Waals surface area contributed by atoms with Crippen molar-refractivity contribution in [2.24, 2.45) is 11.8 Å². The molecule has 1 nitrogen and oxygen atoms in total. The van der Waals surface area contributed by atoms with E-state index in [1.807, 2.05) is 18.5 Å². The molecular formula is C12H19N. The lowest BCUT2D eigenvalue weighted by atomic mass is 9.81. The monoisotopic (exact) mass is 177 g/mol. The molecule has 1 aromatic rings. The quantitative estimate of drug-likeness (QED) is 0.689. The highest BCUT2D eigenvalue weighted by Gasteiger charge is 2.19. The van der Waals surface area contributed by atoms with E-state index < -0.39 is 0 Å². The zero-order chi connectivity index (χ0) is 9.84. The lowest BCUT2D eigenvalue weighted by molar-refractivity contribution is 0.387. The summed E-state index contributed by atoms with van der Waals surface area (Å²) < 4.78 is 0. The van der Waals surface area contributed by atoms with Gasteiger partial charge in [-0.2, -0.15) is 0 Å². The number of pyridine rings is 1. The van der Waals surface area contributed by atoms with E-state index in [4.69, 9.17) is 0 Å². The summed E-state index contributed by atoms with van der Waals surface area (Å²) in [6.07, 6.45) is 3.83. The van der Waals surface area contributed by atoms with Crippen LogP contribution in [0.4, 0.5) is 0 Å². The van der Waals surface area contributed by atoms with Gasteiger partial charge in [0.05, 0.1) is 0 Å². The topological polar surface area (TPSA) is 12.9 Å². The van der Waals surface area contributed by atoms with Crippen LogP contribution in [0.1, 0.15) is 39.2 Å². The molecule has 0 aromatic carbocycles. The SMILES string of the molecule is CC(C)C(c1cccnc1)C(C)C. The normalized spacial score (nSPS) is 11.6. The van der Waals surface area contributed by atoms with Crippen molar-refractivity contribution in [2.75, 3.05) is 0 Å². The number of rotatable bonds is 3. The molecule has 0 saturated carbocycles. The maximum Gasteiger partial charge on any atom is 0.0302 e. The fourth-order valence-electron chi connectivity index (χ4n) is 2.11. The fraction of sp³-hybridized carbons (Fsp3) is 0.583. The number of hydrogen-bond donors (Lipinski definition) is 0. The molecule has 0 unspecified atom stereocenters. The first kappa shape index (κ1) is 10.2. The van der Waals surface area contributed by atoms with Gasteiger partial charge in [0, 0.05) is 12.4 Å². The number of aromatic nitrogens is 1. The van der Waals surface area contributed by atoms with Gasteiger partial charge in [-0.25, -0.2) is 0 Å². The van der Waals surface area contributed by atoms with Crippen LogP contribution < -0.4 is 0 Å². The summed E-state index contributed by atoms with van der Waals surface area (Å²) in [6.45, 7) is 9.10. The fourth-order valence-corrected chi connectivity index (χ4v) is 2.11. The van der Waals surface area contributed by atoms with Crippen LogP contribution in [0.3, 0.4) is 0 Å². The maximum absolute atomic E-state index is 4.17. The van der Waals surface area contributed by atoms with Gasteiger partial charge in [-0.05, 0) is 29.4 Å². The molecule has 0 bridgehead atoms. The standard InChI is InChI=1S/C12H19N/c1-9(2)12(10(3)4)11-6-5-7-13-8-11/h5-10,12H,1-4H3. The van der Waals surface area contributed by atoms with E-state index in [9.17, 15) is 0 Å². The predicted molar refractivity (Wildman–Crippen MR) is 56.7 cm³/mol. The Hall–Kier alpha value is -0.850. The minimum absolute atomic E-state index is 0.633. The summed E-state index contributed by atoms with van der Waals surface area (Å²) in [5.41, 5.74) is 1.37. The molecule has 0 saturated heterocycles. The van der Waals surface area contributed by atoms with E-state index >= 15 is 0 Å². The second-order valence-corrected chi connectivity index (χ2v) is 4.30. The minimum atomic E-state index is 0.633. The molecule has 0 aliphatic carbocycles. The van der Waals surface area contributed by atoms with E-state index in [2.05, 4.69) is 38.7 Å². The molecule has 1 heterocycles. The highest BCUT2D eigenvalue weighted by atomic mass is 14.6. The first-order chi connectivity index (χ1) is 6.13. The van der Waals surface area contributed by atoms with Crippen molar-refractivity contribution in [3.8, 4) is 0 Å². The van der Waals surface area contributed by atoms with Crippen LogP contribution in [0.25, 0.3) is 0 Å². The Balaban J connectivity index is 2.89. The molecule has 0 fully saturated rings. The second-order valence-electron chi connectivity index (χ2n) is 4.30. The van der Waals surface area contributed by atoms with Gasteiger partial charge in [0.25, 0.3) is 0 Å². The molecule has 0 N–H and O–H groups in total. The Labute approximate surface area is 81.2 Å². The van der Waals surface area contributed by atoms with E-state index in [-0.39, 0.29) is 0 Å². The molecule has 0 amide bonds. The summed E-state index contributed by atoms with van der Waals surface area (Å²) >= 11 is 0. The smallest absolute Gasteiger partial charge is 0.0302 e. The molecule has 0 aliphatic heterocycles. The lowest BCUT2D eigenvalue weighted by Crippen LogP contribution is -2.13. The van der Waals surface area contributed by atoms with Crippen LogP contribution in [0.2, 0.25) is 0 Å². The predicted octanol–water partition coefficient (Wildman–Crippen LogP) is 3.48. The van der Waals surface area contributed by atoms with Crippen molar-refractivity contribution >= 4 is 0 Å². The summed E-state index contributed by atoms with van der Waals surface area (Å²) in [5, 5.41) is 0. The summed E-state index contributed by atoms with van der Waals surface area (Å²) in [7, 11) is 0. The second kappa shape index (κ2) is 4.40. The van der Waals surface area contributed by atoms with Crippen LogP contribution in [0.15, 0.2) is 24.5 Å². The molecule has 1 aromatic heterocycles. The van der Waals surface area contributed by atoms with Crippen molar-refractivity contribution in [1.29, 1.82) is 0 Å². The van der Waals surface area contributed by atoms with Gasteiger partial charge in [-0.1, -0.05) is 33.8 Å². The Kier molecular flexibility index (Phi) is 3.47. The van der Waals surface area contributed by atoms with Gasteiger partial charge in [-0.15, -0.1) is 0 Å². The van der Waals surface area contributed by atoms with Gasteiger partial charge in [0.1, 0.15) is 0 Å². The Morgan fingerprint density at radius 3 is 2.08 bits per heavy atom. The Morgan fingerprint density at radius 1 is 1.08 bits per heavy atom.